The highest BCUT2D eigenvalue weighted by atomic mass is 16.5. The number of anilines is 1. The van der Waals surface area contributed by atoms with Crippen molar-refractivity contribution >= 4 is 17.7 Å². The number of rotatable bonds is 6. The molecule has 0 radical (unpaired) electrons. The molecule has 2 aromatic carbocycles. The van der Waals surface area contributed by atoms with Crippen LogP contribution in [0, 0.1) is 11.8 Å². The first-order chi connectivity index (χ1) is 17.0. The summed E-state index contributed by atoms with van der Waals surface area (Å²) in [5.74, 6) is 2.01. The molecule has 2 saturated heterocycles. The molecule has 0 saturated carbocycles. The zero-order chi connectivity index (χ0) is 24.4. The van der Waals surface area contributed by atoms with E-state index in [1.54, 1.807) is 36.5 Å². The number of fused-ring (bicyclic) bond motifs is 1. The van der Waals surface area contributed by atoms with E-state index in [0.29, 0.717) is 37.7 Å². The van der Waals surface area contributed by atoms with Gasteiger partial charge >= 0.3 is 12.1 Å². The van der Waals surface area contributed by atoms with E-state index in [0.717, 1.165) is 11.4 Å². The average molecular weight is 476 g/mol. The zero-order valence-electron chi connectivity index (χ0n) is 19.2. The van der Waals surface area contributed by atoms with Gasteiger partial charge in [-0.1, -0.05) is 18.2 Å². The van der Waals surface area contributed by atoms with Gasteiger partial charge in [0.2, 0.25) is 5.88 Å². The Morgan fingerprint density at radius 1 is 0.886 bits per heavy atom. The highest BCUT2D eigenvalue weighted by Gasteiger charge is 2.42. The summed E-state index contributed by atoms with van der Waals surface area (Å²) < 4.78 is 16.7. The Labute approximate surface area is 202 Å². The van der Waals surface area contributed by atoms with E-state index in [2.05, 4.69) is 9.88 Å². The Balaban J connectivity index is 1.30. The molecule has 2 aliphatic rings. The van der Waals surface area contributed by atoms with Gasteiger partial charge in [-0.25, -0.2) is 14.6 Å². The van der Waals surface area contributed by atoms with Crippen LogP contribution >= 0.6 is 0 Å². The lowest BCUT2D eigenvalue weighted by Gasteiger charge is -2.22. The van der Waals surface area contributed by atoms with Crippen LogP contribution < -0.4 is 14.4 Å². The van der Waals surface area contributed by atoms with Gasteiger partial charge < -0.3 is 29.1 Å². The maximum absolute atomic E-state index is 12.5. The van der Waals surface area contributed by atoms with E-state index < -0.39 is 12.1 Å². The van der Waals surface area contributed by atoms with Gasteiger partial charge in [-0.15, -0.1) is 0 Å². The maximum Gasteiger partial charge on any atom is 0.407 e. The molecule has 3 heterocycles. The molecule has 35 heavy (non-hydrogen) atoms. The molecule has 0 spiro atoms. The number of amides is 1. The van der Waals surface area contributed by atoms with Gasteiger partial charge in [-0.2, -0.15) is 0 Å². The van der Waals surface area contributed by atoms with Crippen molar-refractivity contribution in [2.45, 2.75) is 0 Å². The molecule has 1 amide bonds. The third-order valence-electron chi connectivity index (χ3n) is 6.38. The second-order valence-electron chi connectivity index (χ2n) is 8.64. The summed E-state index contributed by atoms with van der Waals surface area (Å²) in [6, 6.07) is 18.2. The number of pyridine rings is 1. The van der Waals surface area contributed by atoms with E-state index in [4.69, 9.17) is 14.2 Å². The molecular weight excluding hydrogens is 450 g/mol. The number of carboxylic acid groups (broad SMARTS) is 1. The lowest BCUT2D eigenvalue weighted by atomic mass is 10.0. The van der Waals surface area contributed by atoms with Crippen LogP contribution in [0.1, 0.15) is 10.4 Å². The largest absolute Gasteiger partial charge is 0.465 e. The smallest absolute Gasteiger partial charge is 0.407 e. The van der Waals surface area contributed by atoms with E-state index in [1.807, 2.05) is 30.3 Å². The Kier molecular flexibility index (Phi) is 6.13. The van der Waals surface area contributed by atoms with E-state index >= 15 is 0 Å². The summed E-state index contributed by atoms with van der Waals surface area (Å²) in [6.45, 7) is 2.47. The van der Waals surface area contributed by atoms with Crippen molar-refractivity contribution in [3.05, 3.63) is 72.4 Å². The Hall–Kier alpha value is -4.27. The van der Waals surface area contributed by atoms with E-state index in [1.165, 1.54) is 12.0 Å². The predicted octanol–water partition coefficient (Wildman–Crippen LogP) is 4.50. The van der Waals surface area contributed by atoms with Crippen molar-refractivity contribution in [3.63, 3.8) is 0 Å². The molecule has 2 aliphatic heterocycles. The summed E-state index contributed by atoms with van der Waals surface area (Å²) >= 11 is 0. The number of carbonyl (C=O) groups excluding carboxylic acids is 1. The van der Waals surface area contributed by atoms with Gasteiger partial charge in [-0.3, -0.25) is 0 Å². The van der Waals surface area contributed by atoms with Crippen LogP contribution in [0.3, 0.4) is 0 Å². The number of para-hydroxylation sites is 1. The molecular formula is C26H25N3O6. The quantitative estimate of drug-likeness (QED) is 0.520. The lowest BCUT2D eigenvalue weighted by molar-refractivity contribution is 0.0597. The van der Waals surface area contributed by atoms with E-state index in [9.17, 15) is 14.7 Å². The average Bonchev–Trinajstić information content (AvgIpc) is 3.46. The third-order valence-corrected chi connectivity index (χ3v) is 6.38. The number of methoxy groups -OCH3 is 1. The number of nitrogens with zero attached hydrogens (tertiary/aromatic N) is 3. The first-order valence-corrected chi connectivity index (χ1v) is 11.3. The summed E-state index contributed by atoms with van der Waals surface area (Å²) in [4.78, 5) is 31.8. The van der Waals surface area contributed by atoms with Crippen molar-refractivity contribution in [2.75, 3.05) is 38.2 Å². The second kappa shape index (κ2) is 9.54. The number of aromatic nitrogens is 1. The van der Waals surface area contributed by atoms with Crippen LogP contribution in [0.25, 0.3) is 0 Å². The third kappa shape index (κ3) is 4.84. The molecule has 2 unspecified atom stereocenters. The van der Waals surface area contributed by atoms with Gasteiger partial charge in [0.1, 0.15) is 22.8 Å². The Morgan fingerprint density at radius 3 is 2.09 bits per heavy atom. The van der Waals surface area contributed by atoms with Gasteiger partial charge in [-0.05, 0) is 42.5 Å². The predicted molar refractivity (Wildman–Crippen MR) is 127 cm³/mol. The minimum Gasteiger partial charge on any atom is -0.465 e. The summed E-state index contributed by atoms with van der Waals surface area (Å²) in [6.07, 6.45) is 0.798. The van der Waals surface area contributed by atoms with Gasteiger partial charge in [0, 0.05) is 38.0 Å². The number of ether oxygens (including phenoxy) is 3. The topological polar surface area (TPSA) is 101 Å². The normalized spacial score (nSPS) is 18.8. The van der Waals surface area contributed by atoms with Crippen LogP contribution in [-0.4, -0.2) is 60.3 Å². The number of esters is 1. The monoisotopic (exact) mass is 475 g/mol. The van der Waals surface area contributed by atoms with Gasteiger partial charge in [0.15, 0.2) is 0 Å². The van der Waals surface area contributed by atoms with Crippen LogP contribution in [0.4, 0.5) is 10.5 Å². The molecule has 1 N–H and O–H groups in total. The SMILES string of the molecule is COC(=O)c1cc(N2CC3CN(C(=O)O)CC3C2)cnc1Oc1ccc(Oc2ccccc2)cc1. The summed E-state index contributed by atoms with van der Waals surface area (Å²) in [5, 5.41) is 9.24. The highest BCUT2D eigenvalue weighted by molar-refractivity contribution is 5.93. The fraction of sp³-hybridized carbons (Fsp3) is 0.269. The maximum atomic E-state index is 12.5. The number of hydrogen-bond acceptors (Lipinski definition) is 7. The molecule has 180 valence electrons. The highest BCUT2D eigenvalue weighted by Crippen LogP contribution is 2.36. The second-order valence-corrected chi connectivity index (χ2v) is 8.64. The van der Waals surface area contributed by atoms with Crippen molar-refractivity contribution in [2.24, 2.45) is 11.8 Å². The first-order valence-electron chi connectivity index (χ1n) is 11.3. The molecule has 2 atom stereocenters. The molecule has 0 bridgehead atoms. The number of benzene rings is 2. The first kappa shape index (κ1) is 22.5. The molecule has 0 aliphatic carbocycles. The van der Waals surface area contributed by atoms with Crippen molar-refractivity contribution in [3.8, 4) is 23.1 Å². The molecule has 9 nitrogen and oxygen atoms in total. The van der Waals surface area contributed by atoms with Gasteiger partial charge in [0.25, 0.3) is 0 Å². The minimum atomic E-state index is -0.873. The Morgan fingerprint density at radius 2 is 1.49 bits per heavy atom. The Bertz CT molecular complexity index is 1200. The van der Waals surface area contributed by atoms with Crippen molar-refractivity contribution in [1.29, 1.82) is 0 Å². The molecule has 9 heteroatoms. The number of hydrogen-bond donors (Lipinski definition) is 1. The van der Waals surface area contributed by atoms with Crippen LogP contribution in [0.15, 0.2) is 66.9 Å². The molecule has 3 aromatic rings. The number of likely N-dealkylation sites (tertiary alicyclic amines) is 1. The standard InChI is InChI=1S/C26H25N3O6/c1-33-25(30)23-11-19(28-13-17-15-29(26(31)32)16-18(17)14-28)12-27-24(23)35-22-9-7-21(8-10-22)34-20-5-3-2-4-6-20/h2-12,17-18H,13-16H2,1H3,(H,31,32). The summed E-state index contributed by atoms with van der Waals surface area (Å²) in [7, 11) is 1.31. The van der Waals surface area contributed by atoms with Crippen LogP contribution in [-0.2, 0) is 4.74 Å². The van der Waals surface area contributed by atoms with Crippen molar-refractivity contribution in [1.82, 2.24) is 9.88 Å². The van der Waals surface area contributed by atoms with Crippen molar-refractivity contribution < 1.29 is 28.9 Å². The number of carbonyl (C=O) groups is 2. The van der Waals surface area contributed by atoms with Crippen LogP contribution in [0.2, 0.25) is 0 Å². The fourth-order valence-corrected chi connectivity index (χ4v) is 4.62. The molecule has 5 rings (SSSR count). The lowest BCUT2D eigenvalue weighted by Crippen LogP contribution is -2.32. The summed E-state index contributed by atoms with van der Waals surface area (Å²) in [5.41, 5.74) is 1.000. The van der Waals surface area contributed by atoms with Gasteiger partial charge in [0.05, 0.1) is 19.0 Å². The molecule has 1 aromatic heterocycles. The fourth-order valence-electron chi connectivity index (χ4n) is 4.62. The molecule has 2 fully saturated rings. The van der Waals surface area contributed by atoms with Crippen LogP contribution in [0.5, 0.6) is 23.1 Å². The van der Waals surface area contributed by atoms with E-state index in [-0.39, 0.29) is 23.3 Å². The minimum absolute atomic E-state index is 0.147. The zero-order valence-corrected chi connectivity index (χ0v) is 19.2.